The molecule has 30 heavy (non-hydrogen) atoms. The third-order valence-electron chi connectivity index (χ3n) is 4.84. The van der Waals surface area contributed by atoms with Gasteiger partial charge in [0.05, 0.1) is 23.0 Å². The zero-order chi connectivity index (χ0) is 21.9. The largest absolute Gasteiger partial charge is 0.497 e. The van der Waals surface area contributed by atoms with Crippen molar-refractivity contribution in [1.82, 2.24) is 13.9 Å². The van der Waals surface area contributed by atoms with Crippen LogP contribution in [-0.4, -0.2) is 49.4 Å². The monoisotopic (exact) mass is 430 g/mol. The fourth-order valence-electron chi connectivity index (χ4n) is 3.20. The zero-order valence-electron chi connectivity index (χ0n) is 17.5. The molecule has 8 nitrogen and oxygen atoms in total. The topological polar surface area (TPSA) is 93.5 Å². The van der Waals surface area contributed by atoms with Crippen molar-refractivity contribution in [3.05, 3.63) is 48.3 Å². The van der Waals surface area contributed by atoms with E-state index in [0.29, 0.717) is 24.2 Å². The van der Waals surface area contributed by atoms with E-state index in [1.165, 1.54) is 18.4 Å². The Kier molecular flexibility index (Phi) is 6.42. The molecule has 160 valence electrons. The Morgan fingerprint density at radius 3 is 2.47 bits per heavy atom. The van der Waals surface area contributed by atoms with Crippen LogP contribution in [0.15, 0.2) is 47.4 Å². The molecule has 2 aromatic carbocycles. The van der Waals surface area contributed by atoms with E-state index < -0.39 is 10.0 Å². The van der Waals surface area contributed by atoms with E-state index in [2.05, 4.69) is 10.3 Å². The molecule has 0 aliphatic rings. The van der Waals surface area contributed by atoms with Gasteiger partial charge in [0.15, 0.2) is 0 Å². The molecule has 3 rings (SSSR count). The first-order chi connectivity index (χ1) is 14.3. The van der Waals surface area contributed by atoms with Crippen molar-refractivity contribution < 1.29 is 17.9 Å². The first-order valence-electron chi connectivity index (χ1n) is 9.62. The number of amides is 1. The average molecular weight is 431 g/mol. The molecule has 0 bridgehead atoms. The highest BCUT2D eigenvalue weighted by Crippen LogP contribution is 2.23. The number of aryl methyl sites for hydroxylation is 2. The lowest BCUT2D eigenvalue weighted by atomic mass is 10.2. The summed E-state index contributed by atoms with van der Waals surface area (Å²) in [6.45, 7) is 2.66. The Hall–Kier alpha value is -2.91. The van der Waals surface area contributed by atoms with E-state index in [1.807, 2.05) is 11.5 Å². The summed E-state index contributed by atoms with van der Waals surface area (Å²) in [6.07, 6.45) is 0.707. The van der Waals surface area contributed by atoms with Gasteiger partial charge in [0.1, 0.15) is 11.6 Å². The van der Waals surface area contributed by atoms with Gasteiger partial charge in [-0.2, -0.15) is 0 Å². The summed E-state index contributed by atoms with van der Waals surface area (Å²) < 4.78 is 33.1. The number of nitrogens with one attached hydrogen (secondary N) is 1. The summed E-state index contributed by atoms with van der Waals surface area (Å²) in [6, 6.07) is 12.1. The van der Waals surface area contributed by atoms with Crippen LogP contribution in [0.1, 0.15) is 19.2 Å². The van der Waals surface area contributed by atoms with Crippen molar-refractivity contribution >= 4 is 32.7 Å². The maximum atomic E-state index is 12.4. The highest BCUT2D eigenvalue weighted by atomic mass is 32.2. The third kappa shape index (κ3) is 4.47. The number of hydrogen-bond acceptors (Lipinski definition) is 5. The van der Waals surface area contributed by atoms with Crippen LogP contribution in [0.25, 0.3) is 11.0 Å². The molecule has 0 fully saturated rings. The van der Waals surface area contributed by atoms with E-state index in [4.69, 9.17) is 4.74 Å². The lowest BCUT2D eigenvalue weighted by Crippen LogP contribution is -2.22. The lowest BCUT2D eigenvalue weighted by molar-refractivity contribution is -0.116. The Morgan fingerprint density at radius 2 is 1.87 bits per heavy atom. The molecule has 0 atom stereocenters. The molecular formula is C21H26N4O4S. The lowest BCUT2D eigenvalue weighted by Gasteiger charge is -2.11. The van der Waals surface area contributed by atoms with Crippen LogP contribution in [0, 0.1) is 0 Å². The average Bonchev–Trinajstić information content (AvgIpc) is 3.09. The number of imidazole rings is 1. The van der Waals surface area contributed by atoms with Crippen molar-refractivity contribution in [1.29, 1.82) is 0 Å². The Bertz CT molecular complexity index is 1150. The Morgan fingerprint density at radius 1 is 1.17 bits per heavy atom. The van der Waals surface area contributed by atoms with Gasteiger partial charge in [-0.1, -0.05) is 0 Å². The van der Waals surface area contributed by atoms with E-state index in [1.54, 1.807) is 49.6 Å². The first kappa shape index (κ1) is 21.8. The van der Waals surface area contributed by atoms with Crippen LogP contribution in [0.3, 0.4) is 0 Å². The van der Waals surface area contributed by atoms with Crippen LogP contribution >= 0.6 is 0 Å². The summed E-state index contributed by atoms with van der Waals surface area (Å²) >= 11 is 0. The number of carbonyl (C=O) groups is 1. The van der Waals surface area contributed by atoms with Gasteiger partial charge in [-0.05, 0) is 49.4 Å². The molecule has 0 radical (unpaired) electrons. The highest BCUT2D eigenvalue weighted by Gasteiger charge is 2.19. The highest BCUT2D eigenvalue weighted by molar-refractivity contribution is 7.89. The van der Waals surface area contributed by atoms with Gasteiger partial charge in [0.2, 0.25) is 15.9 Å². The van der Waals surface area contributed by atoms with Crippen LogP contribution in [0.2, 0.25) is 0 Å². The number of carbonyl (C=O) groups excluding carboxylic acids is 1. The predicted molar refractivity (Wildman–Crippen MR) is 116 cm³/mol. The van der Waals surface area contributed by atoms with Crippen molar-refractivity contribution in [3.8, 4) is 5.75 Å². The number of fused-ring (bicyclic) bond motifs is 1. The smallest absolute Gasteiger partial charge is 0.242 e. The number of hydrogen-bond donors (Lipinski definition) is 1. The summed E-state index contributed by atoms with van der Waals surface area (Å²) in [5, 5.41) is 2.86. The molecule has 0 saturated carbocycles. The van der Waals surface area contributed by atoms with Crippen molar-refractivity contribution in [2.45, 2.75) is 31.2 Å². The van der Waals surface area contributed by atoms with Crippen molar-refractivity contribution in [2.24, 2.45) is 0 Å². The second kappa shape index (κ2) is 8.85. The van der Waals surface area contributed by atoms with Gasteiger partial charge >= 0.3 is 0 Å². The maximum Gasteiger partial charge on any atom is 0.242 e. The second-order valence-electron chi connectivity index (χ2n) is 6.99. The number of aromatic nitrogens is 2. The van der Waals surface area contributed by atoms with Gasteiger partial charge in [-0.25, -0.2) is 17.7 Å². The number of rotatable bonds is 8. The first-order valence-corrected chi connectivity index (χ1v) is 11.1. The third-order valence-corrected chi connectivity index (χ3v) is 6.65. The number of benzene rings is 2. The van der Waals surface area contributed by atoms with Gasteiger partial charge < -0.3 is 14.6 Å². The zero-order valence-corrected chi connectivity index (χ0v) is 18.4. The molecule has 0 spiro atoms. The fraction of sp³-hybridized carbons (Fsp3) is 0.333. The summed E-state index contributed by atoms with van der Waals surface area (Å²) in [5.41, 5.74) is 2.15. The molecule has 9 heteroatoms. The van der Waals surface area contributed by atoms with E-state index >= 15 is 0 Å². The minimum Gasteiger partial charge on any atom is -0.497 e. The Balaban J connectivity index is 1.77. The molecule has 0 unspecified atom stereocenters. The van der Waals surface area contributed by atoms with E-state index in [9.17, 15) is 13.2 Å². The predicted octanol–water partition coefficient (Wildman–Crippen LogP) is 2.89. The number of nitrogens with zero attached hydrogens (tertiary/aromatic N) is 3. The molecule has 0 saturated heterocycles. The van der Waals surface area contributed by atoms with Gasteiger partial charge in [0.25, 0.3) is 0 Å². The molecule has 1 aromatic heterocycles. The molecule has 1 amide bonds. The van der Waals surface area contributed by atoms with Crippen LogP contribution < -0.4 is 10.1 Å². The SMILES string of the molecule is CCn1c(CCC(=O)Nc2ccc(OC)cc2)nc2cc(S(=O)(=O)N(C)C)ccc21. The standard InChI is InChI=1S/C21H26N4O4S/c1-5-25-19-11-10-17(30(27,28)24(2)3)14-18(19)23-20(25)12-13-21(26)22-15-6-8-16(29-4)9-7-15/h6-11,14H,5,12-13H2,1-4H3,(H,22,26). The van der Waals surface area contributed by atoms with Crippen LogP contribution in [-0.2, 0) is 27.8 Å². The Labute approximate surface area is 176 Å². The summed E-state index contributed by atoms with van der Waals surface area (Å²) in [4.78, 5) is 17.2. The normalized spacial score (nSPS) is 11.8. The van der Waals surface area contributed by atoms with Crippen LogP contribution in [0.4, 0.5) is 5.69 Å². The van der Waals surface area contributed by atoms with Gasteiger partial charge in [0, 0.05) is 39.2 Å². The summed E-state index contributed by atoms with van der Waals surface area (Å²) in [7, 11) is 1.05. The minimum atomic E-state index is -3.53. The molecule has 0 aliphatic carbocycles. The fourth-order valence-corrected chi connectivity index (χ4v) is 4.12. The van der Waals surface area contributed by atoms with Gasteiger partial charge in [-0.3, -0.25) is 4.79 Å². The molecule has 3 aromatic rings. The van der Waals surface area contributed by atoms with Gasteiger partial charge in [-0.15, -0.1) is 0 Å². The number of anilines is 1. The maximum absolute atomic E-state index is 12.4. The number of methoxy groups -OCH3 is 1. The quantitative estimate of drug-likeness (QED) is 0.593. The molecule has 0 aliphatic heterocycles. The number of ether oxygens (including phenoxy) is 1. The minimum absolute atomic E-state index is 0.120. The summed E-state index contributed by atoms with van der Waals surface area (Å²) in [5.74, 6) is 1.35. The molecule has 1 N–H and O–H groups in total. The molecule has 1 heterocycles. The molecular weight excluding hydrogens is 404 g/mol. The van der Waals surface area contributed by atoms with E-state index in [0.717, 1.165) is 17.1 Å². The van der Waals surface area contributed by atoms with Crippen LogP contribution in [0.5, 0.6) is 5.75 Å². The van der Waals surface area contributed by atoms with E-state index in [-0.39, 0.29) is 17.2 Å². The number of sulfonamides is 1. The van der Waals surface area contributed by atoms with Crippen molar-refractivity contribution in [2.75, 3.05) is 26.5 Å². The second-order valence-corrected chi connectivity index (χ2v) is 9.14. The van der Waals surface area contributed by atoms with Crippen molar-refractivity contribution in [3.63, 3.8) is 0 Å².